The van der Waals surface area contributed by atoms with E-state index in [1.807, 2.05) is 49.4 Å². The standard InChI is InChI=1S/C28H24N2O4/c1-3-7-22-16-21(12-15-25(22)34-18-20-8-5-4-6-9-20)17-24-26(31)29-28(33)30(27(24)32)23-13-10-19(2)11-14-23/h3-6,8-17H,1,7,18H2,2H3,(H,29,31,33)/b24-17+. The van der Waals surface area contributed by atoms with Crippen LogP contribution in [0.15, 0.2) is 91.0 Å². The first-order valence-corrected chi connectivity index (χ1v) is 10.8. The summed E-state index contributed by atoms with van der Waals surface area (Å²) >= 11 is 0. The fraction of sp³-hybridized carbons (Fsp3) is 0.107. The zero-order valence-electron chi connectivity index (χ0n) is 18.8. The molecule has 34 heavy (non-hydrogen) atoms. The number of amides is 4. The van der Waals surface area contributed by atoms with Crippen molar-refractivity contribution in [3.05, 3.63) is 113 Å². The van der Waals surface area contributed by atoms with Gasteiger partial charge >= 0.3 is 6.03 Å². The van der Waals surface area contributed by atoms with Crippen LogP contribution in [0.2, 0.25) is 0 Å². The molecule has 4 amide bonds. The molecular weight excluding hydrogens is 428 g/mol. The third-order valence-electron chi connectivity index (χ3n) is 5.39. The molecule has 1 N–H and O–H groups in total. The number of nitrogens with one attached hydrogen (secondary N) is 1. The van der Waals surface area contributed by atoms with Gasteiger partial charge in [0.05, 0.1) is 5.69 Å². The Morgan fingerprint density at radius 2 is 1.71 bits per heavy atom. The Morgan fingerprint density at radius 1 is 0.971 bits per heavy atom. The van der Waals surface area contributed by atoms with Crippen molar-refractivity contribution in [3.63, 3.8) is 0 Å². The summed E-state index contributed by atoms with van der Waals surface area (Å²) in [5.74, 6) is -0.706. The van der Waals surface area contributed by atoms with Gasteiger partial charge in [-0.05, 0) is 60.4 Å². The number of hydrogen-bond acceptors (Lipinski definition) is 4. The molecule has 170 valence electrons. The van der Waals surface area contributed by atoms with Crippen molar-refractivity contribution in [3.8, 4) is 5.75 Å². The van der Waals surface area contributed by atoms with E-state index in [9.17, 15) is 14.4 Å². The highest BCUT2D eigenvalue weighted by atomic mass is 16.5. The number of aryl methyl sites for hydroxylation is 1. The third-order valence-corrected chi connectivity index (χ3v) is 5.39. The molecule has 0 unspecified atom stereocenters. The second-order valence-electron chi connectivity index (χ2n) is 7.93. The molecule has 6 nitrogen and oxygen atoms in total. The number of carbonyl (C=O) groups is 3. The SMILES string of the molecule is C=CCc1cc(/C=C2\C(=O)NC(=O)N(c3ccc(C)cc3)C2=O)ccc1OCc1ccccc1. The van der Waals surface area contributed by atoms with Crippen molar-refractivity contribution in [1.29, 1.82) is 0 Å². The molecule has 6 heteroatoms. The summed E-state index contributed by atoms with van der Waals surface area (Å²) < 4.78 is 5.99. The van der Waals surface area contributed by atoms with Crippen molar-refractivity contribution in [1.82, 2.24) is 5.32 Å². The molecule has 3 aromatic rings. The number of ether oxygens (including phenoxy) is 1. The molecular formula is C28H24N2O4. The third kappa shape index (κ3) is 4.96. The van der Waals surface area contributed by atoms with Crippen LogP contribution in [0.25, 0.3) is 6.08 Å². The predicted molar refractivity (Wildman–Crippen MR) is 131 cm³/mol. The van der Waals surface area contributed by atoms with Gasteiger partial charge in [0.1, 0.15) is 17.9 Å². The maximum absolute atomic E-state index is 13.1. The van der Waals surface area contributed by atoms with Crippen LogP contribution in [-0.4, -0.2) is 17.8 Å². The number of barbiturate groups is 1. The molecule has 1 aliphatic rings. The van der Waals surface area contributed by atoms with Gasteiger partial charge in [-0.15, -0.1) is 6.58 Å². The lowest BCUT2D eigenvalue weighted by Gasteiger charge is -2.26. The molecule has 0 aliphatic carbocycles. The Balaban J connectivity index is 1.62. The van der Waals surface area contributed by atoms with Gasteiger partial charge in [-0.3, -0.25) is 14.9 Å². The summed E-state index contributed by atoms with van der Waals surface area (Å²) in [7, 11) is 0. The van der Waals surface area contributed by atoms with Gasteiger partial charge in [0.2, 0.25) is 0 Å². The summed E-state index contributed by atoms with van der Waals surface area (Å²) in [6.07, 6.45) is 3.80. The lowest BCUT2D eigenvalue weighted by molar-refractivity contribution is -0.122. The molecule has 0 atom stereocenters. The van der Waals surface area contributed by atoms with Crippen LogP contribution >= 0.6 is 0 Å². The highest BCUT2D eigenvalue weighted by Gasteiger charge is 2.36. The minimum atomic E-state index is -0.770. The minimum Gasteiger partial charge on any atom is -0.489 e. The summed E-state index contributed by atoms with van der Waals surface area (Å²) in [6, 6.07) is 21.4. The lowest BCUT2D eigenvalue weighted by atomic mass is 10.0. The maximum atomic E-state index is 13.1. The van der Waals surface area contributed by atoms with Gasteiger partial charge in [0, 0.05) is 0 Å². The van der Waals surface area contributed by atoms with E-state index >= 15 is 0 Å². The molecule has 0 aromatic heterocycles. The fourth-order valence-electron chi connectivity index (χ4n) is 3.63. The van der Waals surface area contributed by atoms with E-state index in [1.54, 1.807) is 36.4 Å². The maximum Gasteiger partial charge on any atom is 0.335 e. The van der Waals surface area contributed by atoms with Gasteiger partial charge < -0.3 is 4.74 Å². The number of nitrogens with zero attached hydrogens (tertiary/aromatic N) is 1. The predicted octanol–water partition coefficient (Wildman–Crippen LogP) is 4.97. The molecule has 1 aliphatic heterocycles. The molecule has 0 bridgehead atoms. The smallest absolute Gasteiger partial charge is 0.335 e. The summed E-state index contributed by atoms with van der Waals surface area (Å²) in [5.41, 5.74) is 3.82. The molecule has 3 aromatic carbocycles. The van der Waals surface area contributed by atoms with Crippen molar-refractivity contribution in [2.75, 3.05) is 4.90 Å². The number of benzene rings is 3. The Hall–Kier alpha value is -4.45. The van der Waals surface area contributed by atoms with E-state index in [-0.39, 0.29) is 5.57 Å². The van der Waals surface area contributed by atoms with Gasteiger partial charge in [0.25, 0.3) is 11.8 Å². The zero-order valence-corrected chi connectivity index (χ0v) is 18.8. The number of rotatable bonds is 7. The Bertz CT molecular complexity index is 1280. The van der Waals surface area contributed by atoms with Crippen LogP contribution in [0.5, 0.6) is 5.75 Å². The van der Waals surface area contributed by atoms with Crippen molar-refractivity contribution in [2.45, 2.75) is 20.0 Å². The summed E-state index contributed by atoms with van der Waals surface area (Å²) in [5, 5.41) is 2.25. The highest BCUT2D eigenvalue weighted by Crippen LogP contribution is 2.26. The number of hydrogen-bond donors (Lipinski definition) is 1. The van der Waals surface area contributed by atoms with Gasteiger partial charge in [-0.25, -0.2) is 9.69 Å². The van der Waals surface area contributed by atoms with E-state index in [0.29, 0.717) is 30.0 Å². The summed E-state index contributed by atoms with van der Waals surface area (Å²) in [6.45, 7) is 6.13. The lowest BCUT2D eigenvalue weighted by Crippen LogP contribution is -2.54. The van der Waals surface area contributed by atoms with Gasteiger partial charge in [0.15, 0.2) is 0 Å². The van der Waals surface area contributed by atoms with Crippen molar-refractivity contribution < 1.29 is 19.1 Å². The molecule has 0 saturated carbocycles. The molecule has 1 saturated heterocycles. The zero-order chi connectivity index (χ0) is 24.1. The second kappa shape index (κ2) is 10.0. The number of urea groups is 1. The van der Waals surface area contributed by atoms with Crippen LogP contribution in [-0.2, 0) is 22.6 Å². The first-order chi connectivity index (χ1) is 16.5. The normalized spacial score (nSPS) is 14.8. The quantitative estimate of drug-likeness (QED) is 0.312. The van der Waals surface area contributed by atoms with Crippen LogP contribution in [0.1, 0.15) is 22.3 Å². The average molecular weight is 453 g/mol. The monoisotopic (exact) mass is 452 g/mol. The molecule has 0 spiro atoms. The van der Waals surface area contributed by atoms with Crippen LogP contribution in [0, 0.1) is 6.92 Å². The van der Waals surface area contributed by atoms with E-state index in [1.165, 1.54) is 6.08 Å². The van der Waals surface area contributed by atoms with Crippen LogP contribution in [0.4, 0.5) is 10.5 Å². The highest BCUT2D eigenvalue weighted by molar-refractivity contribution is 6.39. The fourth-order valence-corrected chi connectivity index (χ4v) is 3.63. The summed E-state index contributed by atoms with van der Waals surface area (Å²) in [4.78, 5) is 39.0. The van der Waals surface area contributed by atoms with Crippen LogP contribution in [0.3, 0.4) is 0 Å². The van der Waals surface area contributed by atoms with Crippen LogP contribution < -0.4 is 15.0 Å². The number of imide groups is 2. The largest absolute Gasteiger partial charge is 0.489 e. The first-order valence-electron chi connectivity index (χ1n) is 10.8. The Morgan fingerprint density at radius 3 is 2.41 bits per heavy atom. The molecule has 0 radical (unpaired) electrons. The number of carbonyl (C=O) groups excluding carboxylic acids is 3. The van der Waals surface area contributed by atoms with Crippen molar-refractivity contribution >= 4 is 29.6 Å². The van der Waals surface area contributed by atoms with E-state index < -0.39 is 17.8 Å². The van der Waals surface area contributed by atoms with E-state index in [4.69, 9.17) is 4.74 Å². The van der Waals surface area contributed by atoms with E-state index in [0.717, 1.165) is 21.6 Å². The minimum absolute atomic E-state index is 0.123. The average Bonchev–Trinajstić information content (AvgIpc) is 2.83. The number of anilines is 1. The molecule has 4 rings (SSSR count). The molecule has 1 fully saturated rings. The van der Waals surface area contributed by atoms with E-state index in [2.05, 4.69) is 11.9 Å². The second-order valence-corrected chi connectivity index (χ2v) is 7.93. The van der Waals surface area contributed by atoms with Gasteiger partial charge in [-0.1, -0.05) is 60.2 Å². The van der Waals surface area contributed by atoms with Crippen molar-refractivity contribution in [2.24, 2.45) is 0 Å². The van der Waals surface area contributed by atoms with Gasteiger partial charge in [-0.2, -0.15) is 0 Å². The topological polar surface area (TPSA) is 75.7 Å². The Kier molecular flexibility index (Phi) is 6.69. The Labute approximate surface area is 198 Å². The molecule has 1 heterocycles. The number of allylic oxidation sites excluding steroid dienone is 1. The first kappa shape index (κ1) is 22.7.